The number of carbonyl (C=O) groups is 2. The molecule has 0 amide bonds. The molecule has 8 nitrogen and oxygen atoms in total. The number of benzene rings is 1. The van der Waals surface area contributed by atoms with Crippen LogP contribution in [0.15, 0.2) is 35.8 Å². The van der Waals surface area contributed by atoms with Crippen LogP contribution in [0.3, 0.4) is 0 Å². The highest BCUT2D eigenvalue weighted by atomic mass is 16.4. The zero-order chi connectivity index (χ0) is 17.9. The molecule has 1 aromatic carbocycles. The van der Waals surface area contributed by atoms with E-state index in [1.807, 2.05) is 0 Å². The Morgan fingerprint density at radius 1 is 1.17 bits per heavy atom. The molecule has 0 atom stereocenters. The fourth-order valence-corrected chi connectivity index (χ4v) is 2.59. The molecule has 126 valence electrons. The quantitative estimate of drug-likeness (QED) is 0.317. The van der Waals surface area contributed by atoms with Crippen molar-refractivity contribution in [2.75, 3.05) is 17.2 Å². The first kappa shape index (κ1) is 17.2. The normalized spacial score (nSPS) is 10.4. The Balaban J connectivity index is 2.76. The number of anilines is 2. The SMILES string of the molecule is CCC(=C(C(=O)O)C(=O)O)N(CC)c1ncnc2ccc(N)cc12. The van der Waals surface area contributed by atoms with Gasteiger partial charge in [0, 0.05) is 23.3 Å². The second-order valence-electron chi connectivity index (χ2n) is 5.00. The summed E-state index contributed by atoms with van der Waals surface area (Å²) in [5, 5.41) is 19.2. The van der Waals surface area contributed by atoms with Crippen molar-refractivity contribution in [1.29, 1.82) is 0 Å². The first-order chi connectivity index (χ1) is 11.4. The van der Waals surface area contributed by atoms with E-state index in [4.69, 9.17) is 5.73 Å². The fraction of sp³-hybridized carbons (Fsp3) is 0.250. The number of nitrogens with two attached hydrogens (primary N) is 1. The summed E-state index contributed by atoms with van der Waals surface area (Å²) in [5.41, 5.74) is 6.46. The van der Waals surface area contributed by atoms with E-state index < -0.39 is 17.5 Å². The van der Waals surface area contributed by atoms with Crippen LogP contribution < -0.4 is 10.6 Å². The Kier molecular flexibility index (Phi) is 4.98. The highest BCUT2D eigenvalue weighted by Crippen LogP contribution is 2.29. The second kappa shape index (κ2) is 6.95. The van der Waals surface area contributed by atoms with E-state index in [0.717, 1.165) is 0 Å². The van der Waals surface area contributed by atoms with Gasteiger partial charge < -0.3 is 20.8 Å². The van der Waals surface area contributed by atoms with Crippen LogP contribution in [0.4, 0.5) is 11.5 Å². The van der Waals surface area contributed by atoms with Crippen molar-refractivity contribution in [1.82, 2.24) is 9.97 Å². The summed E-state index contributed by atoms with van der Waals surface area (Å²) in [6.07, 6.45) is 1.57. The van der Waals surface area contributed by atoms with Crippen molar-refractivity contribution in [2.24, 2.45) is 0 Å². The average molecular weight is 330 g/mol. The van der Waals surface area contributed by atoms with Crippen LogP contribution in [0.1, 0.15) is 20.3 Å². The van der Waals surface area contributed by atoms with Gasteiger partial charge in [-0.25, -0.2) is 19.6 Å². The maximum atomic E-state index is 11.4. The Labute approximate surface area is 138 Å². The van der Waals surface area contributed by atoms with E-state index in [1.54, 1.807) is 36.9 Å². The first-order valence-electron chi connectivity index (χ1n) is 7.38. The molecule has 1 aromatic heterocycles. The molecule has 0 spiro atoms. The second-order valence-corrected chi connectivity index (χ2v) is 5.00. The lowest BCUT2D eigenvalue weighted by Crippen LogP contribution is -2.28. The number of carboxylic acid groups (broad SMARTS) is 2. The maximum Gasteiger partial charge on any atom is 0.344 e. The highest BCUT2D eigenvalue weighted by Gasteiger charge is 2.26. The fourth-order valence-electron chi connectivity index (χ4n) is 2.59. The summed E-state index contributed by atoms with van der Waals surface area (Å²) in [6, 6.07) is 5.11. The molecule has 0 aliphatic carbocycles. The number of nitrogen functional groups attached to an aromatic ring is 1. The van der Waals surface area contributed by atoms with Gasteiger partial charge in [0.25, 0.3) is 0 Å². The molecular weight excluding hydrogens is 312 g/mol. The predicted octanol–water partition coefficient (Wildman–Crippen LogP) is 1.87. The third-order valence-electron chi connectivity index (χ3n) is 3.59. The number of rotatable bonds is 6. The zero-order valence-corrected chi connectivity index (χ0v) is 13.4. The summed E-state index contributed by atoms with van der Waals surface area (Å²) < 4.78 is 0. The topological polar surface area (TPSA) is 130 Å². The maximum absolute atomic E-state index is 11.4. The van der Waals surface area contributed by atoms with E-state index in [1.165, 1.54) is 6.33 Å². The minimum absolute atomic E-state index is 0.167. The number of fused-ring (bicyclic) bond motifs is 1. The number of nitrogens with zero attached hydrogens (tertiary/aromatic N) is 3. The molecule has 0 bridgehead atoms. The zero-order valence-electron chi connectivity index (χ0n) is 13.4. The van der Waals surface area contributed by atoms with Gasteiger partial charge in [0.15, 0.2) is 5.57 Å². The van der Waals surface area contributed by atoms with Crippen molar-refractivity contribution >= 4 is 34.3 Å². The molecule has 0 radical (unpaired) electrons. The van der Waals surface area contributed by atoms with Gasteiger partial charge >= 0.3 is 11.9 Å². The average Bonchev–Trinajstić information content (AvgIpc) is 2.53. The molecule has 0 unspecified atom stereocenters. The lowest BCUT2D eigenvalue weighted by molar-refractivity contribution is -0.140. The van der Waals surface area contributed by atoms with Gasteiger partial charge in [-0.15, -0.1) is 0 Å². The van der Waals surface area contributed by atoms with Crippen molar-refractivity contribution in [2.45, 2.75) is 20.3 Å². The van der Waals surface area contributed by atoms with E-state index in [9.17, 15) is 19.8 Å². The molecule has 4 N–H and O–H groups in total. The van der Waals surface area contributed by atoms with E-state index >= 15 is 0 Å². The molecule has 0 aliphatic rings. The van der Waals surface area contributed by atoms with Gasteiger partial charge in [-0.3, -0.25) is 0 Å². The summed E-state index contributed by atoms with van der Waals surface area (Å²) >= 11 is 0. The molecule has 2 rings (SSSR count). The lowest BCUT2D eigenvalue weighted by Gasteiger charge is -2.26. The molecule has 0 aliphatic heterocycles. The van der Waals surface area contributed by atoms with Crippen LogP contribution in [0.5, 0.6) is 0 Å². The Bertz CT molecular complexity index is 816. The molecule has 0 fully saturated rings. The molecule has 1 heterocycles. The number of hydrogen-bond donors (Lipinski definition) is 3. The monoisotopic (exact) mass is 330 g/mol. The van der Waals surface area contributed by atoms with Crippen molar-refractivity contribution in [3.8, 4) is 0 Å². The number of allylic oxidation sites excluding steroid dienone is 1. The van der Waals surface area contributed by atoms with Gasteiger partial charge in [0.05, 0.1) is 5.52 Å². The van der Waals surface area contributed by atoms with Crippen molar-refractivity contribution < 1.29 is 19.8 Å². The summed E-state index contributed by atoms with van der Waals surface area (Å²) in [4.78, 5) is 32.7. The van der Waals surface area contributed by atoms with Crippen molar-refractivity contribution in [3.05, 3.63) is 35.8 Å². The van der Waals surface area contributed by atoms with Crippen LogP contribution in [-0.4, -0.2) is 38.7 Å². The molecule has 24 heavy (non-hydrogen) atoms. The summed E-state index contributed by atoms with van der Waals surface area (Å²) in [5.74, 6) is -2.56. The number of aromatic nitrogens is 2. The smallest absolute Gasteiger partial charge is 0.344 e. The molecule has 2 aromatic rings. The minimum Gasteiger partial charge on any atom is -0.477 e. The van der Waals surface area contributed by atoms with E-state index in [-0.39, 0.29) is 12.1 Å². The Morgan fingerprint density at radius 2 is 1.83 bits per heavy atom. The standard InChI is InChI=1S/C16H18N4O4/c1-3-12(13(15(21)22)16(23)24)20(4-2)14-10-7-9(17)5-6-11(10)18-8-19-14/h5-8H,3-4,17H2,1-2H3,(H,21,22)(H,23,24). The molecule has 0 saturated heterocycles. The summed E-state index contributed by atoms with van der Waals surface area (Å²) in [6.45, 7) is 3.83. The summed E-state index contributed by atoms with van der Waals surface area (Å²) in [7, 11) is 0. The van der Waals surface area contributed by atoms with Gasteiger partial charge in [0.1, 0.15) is 12.1 Å². The third kappa shape index (κ3) is 3.12. The Morgan fingerprint density at radius 3 is 2.38 bits per heavy atom. The van der Waals surface area contributed by atoms with Gasteiger partial charge in [-0.1, -0.05) is 6.92 Å². The number of carboxylic acids is 2. The Hall–Kier alpha value is -3.16. The minimum atomic E-state index is -1.49. The van der Waals surface area contributed by atoms with E-state index in [0.29, 0.717) is 29.0 Å². The van der Waals surface area contributed by atoms with Crippen molar-refractivity contribution in [3.63, 3.8) is 0 Å². The molecule has 8 heteroatoms. The predicted molar refractivity (Wildman–Crippen MR) is 89.6 cm³/mol. The largest absolute Gasteiger partial charge is 0.477 e. The first-order valence-corrected chi connectivity index (χ1v) is 7.38. The van der Waals surface area contributed by atoms with Gasteiger partial charge in [-0.05, 0) is 31.5 Å². The van der Waals surface area contributed by atoms with E-state index in [2.05, 4.69) is 9.97 Å². The molecule has 0 saturated carbocycles. The van der Waals surface area contributed by atoms with Crippen LogP contribution in [0.2, 0.25) is 0 Å². The third-order valence-corrected chi connectivity index (χ3v) is 3.59. The van der Waals surface area contributed by atoms with Gasteiger partial charge in [0.2, 0.25) is 0 Å². The van der Waals surface area contributed by atoms with Crippen LogP contribution >= 0.6 is 0 Å². The van der Waals surface area contributed by atoms with Gasteiger partial charge in [-0.2, -0.15) is 0 Å². The van der Waals surface area contributed by atoms with Crippen LogP contribution in [0, 0.1) is 0 Å². The van der Waals surface area contributed by atoms with Crippen LogP contribution in [-0.2, 0) is 9.59 Å². The molecular formula is C16H18N4O4. The number of hydrogen-bond acceptors (Lipinski definition) is 6. The highest BCUT2D eigenvalue weighted by molar-refractivity contribution is 6.13. The lowest BCUT2D eigenvalue weighted by atomic mass is 10.1. The van der Waals surface area contributed by atoms with Crippen LogP contribution in [0.25, 0.3) is 10.9 Å². The number of aliphatic carboxylic acids is 2.